The summed E-state index contributed by atoms with van der Waals surface area (Å²) in [4.78, 5) is 22.0. The average Bonchev–Trinajstić information content (AvgIpc) is 2.77. The molecule has 0 bridgehead atoms. The van der Waals surface area contributed by atoms with Gasteiger partial charge in [-0.15, -0.1) is 0 Å². The first-order valence-corrected chi connectivity index (χ1v) is 13.2. The Morgan fingerprint density at radius 3 is 1.56 bits per heavy atom. The van der Waals surface area contributed by atoms with E-state index in [0.29, 0.717) is 19.6 Å². The predicted octanol–water partition coefficient (Wildman–Crippen LogP) is 7.27. The van der Waals surface area contributed by atoms with Gasteiger partial charge in [0, 0.05) is 19.6 Å². The van der Waals surface area contributed by atoms with Crippen molar-refractivity contribution >= 4 is 11.8 Å². The molecule has 0 spiro atoms. The summed E-state index contributed by atoms with van der Waals surface area (Å²) >= 11 is 0. The SMILES string of the molecule is CCCCCCCCC=CCCCCCCCCOCC(=O)COCCCCCC(=O)O. The van der Waals surface area contributed by atoms with Gasteiger partial charge in [0.05, 0.1) is 0 Å². The van der Waals surface area contributed by atoms with Crippen LogP contribution in [-0.2, 0) is 19.1 Å². The van der Waals surface area contributed by atoms with Crippen LogP contribution in [0, 0.1) is 0 Å². The Balaban J connectivity index is 3.20. The van der Waals surface area contributed by atoms with Gasteiger partial charge in [0.1, 0.15) is 13.2 Å². The molecule has 0 aromatic rings. The van der Waals surface area contributed by atoms with E-state index in [-0.39, 0.29) is 25.4 Å². The topological polar surface area (TPSA) is 72.8 Å². The lowest BCUT2D eigenvalue weighted by atomic mass is 10.1. The van der Waals surface area contributed by atoms with E-state index in [1.54, 1.807) is 0 Å². The summed E-state index contributed by atoms with van der Waals surface area (Å²) in [5.41, 5.74) is 0. The van der Waals surface area contributed by atoms with Crippen LogP contribution in [0.1, 0.15) is 122 Å². The molecule has 0 aliphatic heterocycles. The number of ketones is 1. The van der Waals surface area contributed by atoms with Gasteiger partial charge in [-0.3, -0.25) is 9.59 Å². The van der Waals surface area contributed by atoms with Crippen LogP contribution in [-0.4, -0.2) is 43.3 Å². The van der Waals surface area contributed by atoms with Crippen LogP contribution in [0.15, 0.2) is 12.2 Å². The van der Waals surface area contributed by atoms with Crippen molar-refractivity contribution in [2.24, 2.45) is 0 Å². The Bertz CT molecular complexity index is 447. The van der Waals surface area contributed by atoms with Gasteiger partial charge in [0.25, 0.3) is 0 Å². The Kier molecular flexibility index (Phi) is 25.1. The molecule has 0 aliphatic carbocycles. The number of carboxylic acids is 1. The fraction of sp³-hybridized carbons (Fsp3) is 0.852. The maximum atomic E-state index is 11.7. The van der Waals surface area contributed by atoms with Gasteiger partial charge in [-0.1, -0.05) is 83.3 Å². The molecular formula is C27H50O5. The largest absolute Gasteiger partial charge is 0.481 e. The van der Waals surface area contributed by atoms with Crippen LogP contribution in [0.2, 0.25) is 0 Å². The minimum absolute atomic E-state index is 0.0277. The molecule has 0 saturated heterocycles. The first-order chi connectivity index (χ1) is 15.7. The van der Waals surface area contributed by atoms with E-state index < -0.39 is 5.97 Å². The first-order valence-electron chi connectivity index (χ1n) is 13.2. The lowest BCUT2D eigenvalue weighted by Gasteiger charge is -2.05. The van der Waals surface area contributed by atoms with Crippen molar-refractivity contribution in [3.8, 4) is 0 Å². The molecule has 0 aliphatic rings. The molecule has 0 fully saturated rings. The number of unbranched alkanes of at least 4 members (excludes halogenated alkanes) is 14. The summed E-state index contributed by atoms with van der Waals surface area (Å²) in [5, 5.41) is 8.54. The second kappa shape index (κ2) is 26.1. The van der Waals surface area contributed by atoms with Gasteiger partial charge >= 0.3 is 5.97 Å². The van der Waals surface area contributed by atoms with Crippen LogP contribution in [0.5, 0.6) is 0 Å². The molecule has 5 heteroatoms. The molecule has 0 rings (SSSR count). The summed E-state index contributed by atoms with van der Waals surface area (Å²) in [5.74, 6) is -0.792. The molecule has 1 N–H and O–H groups in total. The summed E-state index contributed by atoms with van der Waals surface area (Å²) in [6, 6.07) is 0. The maximum absolute atomic E-state index is 11.7. The molecule has 32 heavy (non-hydrogen) atoms. The van der Waals surface area contributed by atoms with E-state index in [0.717, 1.165) is 25.7 Å². The number of carbonyl (C=O) groups excluding carboxylic acids is 1. The van der Waals surface area contributed by atoms with Crippen molar-refractivity contribution in [1.29, 1.82) is 0 Å². The lowest BCUT2D eigenvalue weighted by molar-refractivity contribution is -0.137. The molecule has 0 atom stereocenters. The smallest absolute Gasteiger partial charge is 0.303 e. The molecule has 0 heterocycles. The van der Waals surface area contributed by atoms with E-state index in [2.05, 4.69) is 19.1 Å². The second-order valence-corrected chi connectivity index (χ2v) is 8.79. The number of aliphatic carboxylic acids is 1. The van der Waals surface area contributed by atoms with Crippen LogP contribution < -0.4 is 0 Å². The Morgan fingerprint density at radius 1 is 0.625 bits per heavy atom. The van der Waals surface area contributed by atoms with E-state index in [4.69, 9.17) is 14.6 Å². The lowest BCUT2D eigenvalue weighted by Crippen LogP contribution is -2.16. The zero-order valence-electron chi connectivity index (χ0n) is 20.8. The van der Waals surface area contributed by atoms with Gasteiger partial charge in [-0.05, 0) is 44.9 Å². The molecule has 0 aromatic carbocycles. The maximum Gasteiger partial charge on any atom is 0.303 e. The van der Waals surface area contributed by atoms with Crippen molar-refractivity contribution < 1.29 is 24.2 Å². The molecule has 5 nitrogen and oxygen atoms in total. The molecule has 0 radical (unpaired) electrons. The molecule has 0 unspecified atom stereocenters. The summed E-state index contributed by atoms with van der Waals surface area (Å²) in [6.07, 6.45) is 25.2. The van der Waals surface area contributed by atoms with Crippen molar-refractivity contribution in [3.63, 3.8) is 0 Å². The van der Waals surface area contributed by atoms with Crippen LogP contribution in [0.4, 0.5) is 0 Å². The molecule has 188 valence electrons. The second-order valence-electron chi connectivity index (χ2n) is 8.79. The van der Waals surface area contributed by atoms with Crippen molar-refractivity contribution in [3.05, 3.63) is 12.2 Å². The monoisotopic (exact) mass is 454 g/mol. The fourth-order valence-corrected chi connectivity index (χ4v) is 3.52. The van der Waals surface area contributed by atoms with Gasteiger partial charge in [-0.25, -0.2) is 0 Å². The number of carbonyl (C=O) groups is 2. The number of ether oxygens (including phenoxy) is 2. The van der Waals surface area contributed by atoms with Gasteiger partial charge in [0.2, 0.25) is 0 Å². The summed E-state index contributed by atoms with van der Waals surface area (Å²) in [7, 11) is 0. The van der Waals surface area contributed by atoms with Crippen LogP contribution in [0.3, 0.4) is 0 Å². The molecule has 0 amide bonds. The quantitative estimate of drug-likeness (QED) is 0.110. The van der Waals surface area contributed by atoms with E-state index >= 15 is 0 Å². The highest BCUT2D eigenvalue weighted by molar-refractivity contribution is 5.80. The average molecular weight is 455 g/mol. The van der Waals surface area contributed by atoms with Gasteiger partial charge in [0.15, 0.2) is 5.78 Å². The number of allylic oxidation sites excluding steroid dienone is 2. The van der Waals surface area contributed by atoms with Gasteiger partial charge < -0.3 is 14.6 Å². The van der Waals surface area contributed by atoms with Crippen molar-refractivity contribution in [2.75, 3.05) is 26.4 Å². The highest BCUT2D eigenvalue weighted by Gasteiger charge is 2.03. The van der Waals surface area contributed by atoms with Crippen LogP contribution >= 0.6 is 0 Å². The third kappa shape index (κ3) is 26.8. The fourth-order valence-electron chi connectivity index (χ4n) is 3.52. The normalized spacial score (nSPS) is 11.4. The van der Waals surface area contributed by atoms with E-state index in [1.807, 2.05) is 0 Å². The Morgan fingerprint density at radius 2 is 1.06 bits per heavy atom. The highest BCUT2D eigenvalue weighted by Crippen LogP contribution is 2.10. The molecule has 0 saturated carbocycles. The van der Waals surface area contributed by atoms with E-state index in [1.165, 1.54) is 77.0 Å². The summed E-state index contributed by atoms with van der Waals surface area (Å²) in [6.45, 7) is 3.62. The zero-order valence-corrected chi connectivity index (χ0v) is 20.8. The minimum atomic E-state index is -0.764. The van der Waals surface area contributed by atoms with Crippen molar-refractivity contribution in [1.82, 2.24) is 0 Å². The van der Waals surface area contributed by atoms with E-state index in [9.17, 15) is 9.59 Å². The number of carboxylic acid groups (broad SMARTS) is 1. The van der Waals surface area contributed by atoms with Gasteiger partial charge in [-0.2, -0.15) is 0 Å². The minimum Gasteiger partial charge on any atom is -0.481 e. The Labute approximate surface area is 197 Å². The number of hydrogen-bond acceptors (Lipinski definition) is 4. The number of rotatable bonds is 26. The number of Topliss-reactive ketones (excluding diaryl/α,β-unsaturated/α-hetero) is 1. The molecular weight excluding hydrogens is 404 g/mol. The third-order valence-electron chi connectivity index (χ3n) is 5.51. The zero-order chi connectivity index (χ0) is 23.5. The number of hydrogen-bond donors (Lipinski definition) is 1. The summed E-state index contributed by atoms with van der Waals surface area (Å²) < 4.78 is 10.7. The highest BCUT2D eigenvalue weighted by atomic mass is 16.5. The molecule has 0 aromatic heterocycles. The Hall–Kier alpha value is -1.20. The van der Waals surface area contributed by atoms with Crippen LogP contribution in [0.25, 0.3) is 0 Å². The standard InChI is InChI=1S/C27H50O5/c1-2-3-4-5-6-7-8-9-10-11-12-13-14-15-16-19-22-31-24-26(28)25-32-23-20-17-18-21-27(29)30/h9-10H,2-8,11-25H2,1H3,(H,29,30). The first kappa shape index (κ1) is 30.8. The third-order valence-corrected chi connectivity index (χ3v) is 5.51. The predicted molar refractivity (Wildman–Crippen MR) is 132 cm³/mol. The van der Waals surface area contributed by atoms with Crippen molar-refractivity contribution in [2.45, 2.75) is 122 Å².